The van der Waals surface area contributed by atoms with Gasteiger partial charge in [-0.3, -0.25) is 14.4 Å². The molecule has 3 heterocycles. The Balaban J connectivity index is 1.39. The predicted molar refractivity (Wildman–Crippen MR) is 165 cm³/mol. The van der Waals surface area contributed by atoms with Crippen molar-refractivity contribution >= 4 is 74.1 Å². The third kappa shape index (κ3) is 5.30. The molecule has 2 aliphatic rings. The van der Waals surface area contributed by atoms with Gasteiger partial charge in [0.1, 0.15) is 17.6 Å². The molecule has 1 saturated heterocycles. The smallest absolute Gasteiger partial charge is 0.338 e. The minimum absolute atomic E-state index is 0.235. The molecule has 1 N–H and O–H groups in total. The van der Waals surface area contributed by atoms with Crippen molar-refractivity contribution in [2.24, 2.45) is 5.92 Å². The standard InChI is InChI=1S/C30H22BrClN2O6S2/c1-2-39-29(37)16-5-10-19(11-6-16)34-27(35)23-22(24-26(33-30(38)42-24)41-25(23)28(34)36)20-13-17(31)7-12-21(20)40-14-15-3-8-18(32)9-4-15/h3-13,22-23,25H,2,14H2,1H3,(H,33,38)/t22-,23-,25+/m0/s1. The first kappa shape index (κ1) is 28.7. The van der Waals surface area contributed by atoms with E-state index < -0.39 is 23.1 Å². The molecule has 12 heteroatoms. The van der Waals surface area contributed by atoms with Crippen molar-refractivity contribution in [1.82, 2.24) is 4.98 Å². The highest BCUT2D eigenvalue weighted by Gasteiger charge is 2.56. The van der Waals surface area contributed by atoms with E-state index >= 15 is 0 Å². The van der Waals surface area contributed by atoms with Crippen LogP contribution in [0.25, 0.3) is 0 Å². The highest BCUT2D eigenvalue weighted by Crippen LogP contribution is 2.54. The first-order chi connectivity index (χ1) is 20.2. The maximum atomic E-state index is 14.1. The van der Waals surface area contributed by atoms with E-state index in [2.05, 4.69) is 20.9 Å². The zero-order valence-electron chi connectivity index (χ0n) is 22.0. The first-order valence-electron chi connectivity index (χ1n) is 13.0. The SMILES string of the molecule is CCOC(=O)c1ccc(N2C(=O)[C@H]3[C@H](c4cc(Br)ccc4OCc4ccc(Cl)cc4)c4sc(=O)[nH]c4S[C@H]3C2=O)cc1. The summed E-state index contributed by atoms with van der Waals surface area (Å²) >= 11 is 11.8. The van der Waals surface area contributed by atoms with Crippen LogP contribution in [0.15, 0.2) is 81.0 Å². The number of aromatic nitrogens is 1. The summed E-state index contributed by atoms with van der Waals surface area (Å²) in [5.74, 6) is -2.14. The largest absolute Gasteiger partial charge is 0.489 e. The number of amides is 2. The van der Waals surface area contributed by atoms with Crippen LogP contribution in [0.2, 0.25) is 5.02 Å². The molecule has 0 bridgehead atoms. The van der Waals surface area contributed by atoms with Gasteiger partial charge in [0.15, 0.2) is 0 Å². The molecular weight excluding hydrogens is 664 g/mol. The Morgan fingerprint density at radius 1 is 1.02 bits per heavy atom. The van der Waals surface area contributed by atoms with Gasteiger partial charge in [-0.1, -0.05) is 62.8 Å². The van der Waals surface area contributed by atoms with E-state index in [0.717, 1.165) is 21.4 Å². The Bertz CT molecular complexity index is 1750. The number of hydrogen-bond acceptors (Lipinski definition) is 8. The topological polar surface area (TPSA) is 106 Å². The van der Waals surface area contributed by atoms with E-state index in [1.807, 2.05) is 30.3 Å². The third-order valence-corrected chi connectivity index (χ3v) is 10.2. The summed E-state index contributed by atoms with van der Waals surface area (Å²) in [7, 11) is 0. The van der Waals surface area contributed by atoms with Gasteiger partial charge >= 0.3 is 10.8 Å². The van der Waals surface area contributed by atoms with E-state index in [1.165, 1.54) is 28.8 Å². The fraction of sp³-hybridized carbons (Fsp3) is 0.200. The van der Waals surface area contributed by atoms with Crippen LogP contribution in [0, 0.1) is 5.92 Å². The first-order valence-corrected chi connectivity index (χ1v) is 15.8. The minimum Gasteiger partial charge on any atom is -0.489 e. The number of rotatable bonds is 7. The van der Waals surface area contributed by atoms with E-state index in [9.17, 15) is 19.2 Å². The highest BCUT2D eigenvalue weighted by molar-refractivity contribution is 9.10. The van der Waals surface area contributed by atoms with E-state index in [0.29, 0.717) is 37.5 Å². The second kappa shape index (κ2) is 11.7. The summed E-state index contributed by atoms with van der Waals surface area (Å²) in [6.07, 6.45) is 0. The molecule has 6 rings (SSSR count). The lowest BCUT2D eigenvalue weighted by atomic mass is 9.82. The highest BCUT2D eigenvalue weighted by atomic mass is 79.9. The van der Waals surface area contributed by atoms with E-state index in [1.54, 1.807) is 31.2 Å². The predicted octanol–water partition coefficient (Wildman–Crippen LogP) is 6.40. The van der Waals surface area contributed by atoms with Gasteiger partial charge in [-0.05, 0) is 67.1 Å². The number of aromatic amines is 1. The molecule has 0 aliphatic carbocycles. The fourth-order valence-electron chi connectivity index (χ4n) is 5.20. The lowest BCUT2D eigenvalue weighted by Crippen LogP contribution is -2.32. The van der Waals surface area contributed by atoms with Gasteiger partial charge in [0.2, 0.25) is 11.8 Å². The Kier molecular flexibility index (Phi) is 8.01. The quantitative estimate of drug-likeness (QED) is 0.177. The monoisotopic (exact) mass is 684 g/mol. The van der Waals surface area contributed by atoms with Gasteiger partial charge in [-0.2, -0.15) is 0 Å². The van der Waals surface area contributed by atoms with Crippen molar-refractivity contribution < 1.29 is 23.9 Å². The number of benzene rings is 3. The Labute approximate surface area is 262 Å². The number of carbonyl (C=O) groups is 3. The third-order valence-electron chi connectivity index (χ3n) is 7.08. The minimum atomic E-state index is -0.793. The number of halogens is 2. The molecule has 4 aromatic rings. The van der Waals surface area contributed by atoms with Crippen LogP contribution < -0.4 is 14.5 Å². The molecule has 3 aromatic carbocycles. The molecule has 42 heavy (non-hydrogen) atoms. The number of imide groups is 1. The van der Waals surface area contributed by atoms with Crippen molar-refractivity contribution in [1.29, 1.82) is 0 Å². The molecule has 0 spiro atoms. The van der Waals surface area contributed by atoms with Gasteiger partial charge in [-0.15, -0.1) is 0 Å². The van der Waals surface area contributed by atoms with Gasteiger partial charge in [0, 0.05) is 25.9 Å². The average Bonchev–Trinajstić information content (AvgIpc) is 3.47. The van der Waals surface area contributed by atoms with E-state index in [-0.39, 0.29) is 29.9 Å². The molecule has 2 aliphatic heterocycles. The number of ether oxygens (including phenoxy) is 2. The van der Waals surface area contributed by atoms with Gasteiger partial charge in [-0.25, -0.2) is 9.69 Å². The Morgan fingerprint density at radius 2 is 1.76 bits per heavy atom. The number of hydrogen-bond donors (Lipinski definition) is 1. The van der Waals surface area contributed by atoms with Crippen molar-refractivity contribution in [3.63, 3.8) is 0 Å². The zero-order valence-corrected chi connectivity index (χ0v) is 25.9. The molecule has 1 fully saturated rings. The maximum Gasteiger partial charge on any atom is 0.338 e. The number of thiazole rings is 1. The van der Waals surface area contributed by atoms with Gasteiger partial charge in [0.25, 0.3) is 0 Å². The fourth-order valence-corrected chi connectivity index (χ4v) is 8.21. The number of anilines is 1. The second-order valence-corrected chi connectivity index (χ2v) is 13.1. The summed E-state index contributed by atoms with van der Waals surface area (Å²) in [6, 6.07) is 19.0. The molecule has 0 unspecified atom stereocenters. The number of nitrogens with zero attached hydrogens (tertiary/aromatic N) is 1. The Hall–Kier alpha value is -3.38. The lowest BCUT2D eigenvalue weighted by molar-refractivity contribution is -0.122. The number of esters is 1. The summed E-state index contributed by atoms with van der Waals surface area (Å²) in [5.41, 5.74) is 2.27. The molecule has 0 radical (unpaired) electrons. The number of H-pyrrole nitrogens is 1. The van der Waals surface area contributed by atoms with Crippen molar-refractivity contribution in [3.8, 4) is 5.75 Å². The maximum absolute atomic E-state index is 14.1. The number of thioether (sulfide) groups is 1. The van der Waals surface area contributed by atoms with Crippen LogP contribution in [0.1, 0.15) is 39.2 Å². The summed E-state index contributed by atoms with van der Waals surface area (Å²) in [4.78, 5) is 57.0. The molecule has 0 saturated carbocycles. The number of nitrogens with one attached hydrogen (secondary N) is 1. The summed E-state index contributed by atoms with van der Waals surface area (Å²) in [5, 5.41) is 0.418. The van der Waals surface area contributed by atoms with E-state index in [4.69, 9.17) is 21.1 Å². The second-order valence-electron chi connectivity index (χ2n) is 9.63. The molecule has 8 nitrogen and oxygen atoms in total. The van der Waals surface area contributed by atoms with Crippen molar-refractivity contribution in [3.05, 3.63) is 107 Å². The number of fused-ring (bicyclic) bond motifs is 2. The zero-order chi connectivity index (χ0) is 29.5. The van der Waals surface area contributed by atoms with Crippen molar-refractivity contribution in [2.45, 2.75) is 29.7 Å². The van der Waals surface area contributed by atoms with Crippen LogP contribution >= 0.6 is 50.6 Å². The van der Waals surface area contributed by atoms with Crippen molar-refractivity contribution in [2.75, 3.05) is 11.5 Å². The molecule has 2 amide bonds. The van der Waals surface area contributed by atoms with Crippen LogP contribution in [0.5, 0.6) is 5.75 Å². The van der Waals surface area contributed by atoms with Crippen LogP contribution in [-0.4, -0.2) is 34.6 Å². The normalized spacial score (nSPS) is 19.4. The Morgan fingerprint density at radius 3 is 2.48 bits per heavy atom. The average molecular weight is 686 g/mol. The molecule has 214 valence electrons. The summed E-state index contributed by atoms with van der Waals surface area (Å²) in [6.45, 7) is 2.21. The lowest BCUT2D eigenvalue weighted by Gasteiger charge is -2.31. The van der Waals surface area contributed by atoms with Gasteiger partial charge < -0.3 is 14.5 Å². The number of carbonyl (C=O) groups excluding carboxylic acids is 3. The molecular formula is C30H22BrClN2O6S2. The van der Waals surface area contributed by atoms with Crippen LogP contribution in [0.3, 0.4) is 0 Å². The summed E-state index contributed by atoms with van der Waals surface area (Å²) < 4.78 is 12.1. The van der Waals surface area contributed by atoms with Crippen LogP contribution in [-0.2, 0) is 20.9 Å². The molecule has 3 atom stereocenters. The van der Waals surface area contributed by atoms with Crippen LogP contribution in [0.4, 0.5) is 5.69 Å². The molecule has 1 aromatic heterocycles. The van der Waals surface area contributed by atoms with Gasteiger partial charge in [0.05, 0.1) is 28.8 Å².